The van der Waals surface area contributed by atoms with Crippen LogP contribution < -0.4 is 9.47 Å². The Morgan fingerprint density at radius 1 is 1.09 bits per heavy atom. The lowest BCUT2D eigenvalue weighted by molar-refractivity contribution is 0.0982. The number of hydrogen-bond acceptors (Lipinski definition) is 5. The molecule has 0 aliphatic rings. The number of para-hydroxylation sites is 1. The average molecular weight is 327 g/mol. The quantitative estimate of drug-likeness (QED) is 0.639. The number of ketones is 1. The first kappa shape index (κ1) is 15.5. The highest BCUT2D eigenvalue weighted by molar-refractivity contribution is 7.18. The van der Waals surface area contributed by atoms with Crippen molar-refractivity contribution in [1.82, 2.24) is 4.98 Å². The molecule has 118 valence electrons. The van der Waals surface area contributed by atoms with Crippen molar-refractivity contribution in [2.24, 2.45) is 0 Å². The third-order valence-corrected chi connectivity index (χ3v) is 4.71. The van der Waals surface area contributed by atoms with Crippen molar-refractivity contribution >= 4 is 27.3 Å². The highest BCUT2D eigenvalue weighted by Crippen LogP contribution is 2.28. The van der Waals surface area contributed by atoms with Crippen molar-refractivity contribution in [3.8, 4) is 11.5 Å². The summed E-state index contributed by atoms with van der Waals surface area (Å²) in [5, 5.41) is 0.986. The van der Waals surface area contributed by atoms with Gasteiger partial charge in [0.2, 0.25) is 0 Å². The molecule has 23 heavy (non-hydrogen) atoms. The number of ether oxygens (including phenoxy) is 2. The van der Waals surface area contributed by atoms with Crippen LogP contribution in [0.5, 0.6) is 11.5 Å². The number of carbonyl (C=O) groups is 1. The standard InChI is InChI=1S/C18H17NO3S/c1-21-15-9-7-12(11-16(15)22-2)14(20)8-10-18-19-13-5-3-4-6-17(13)23-18/h3-7,9,11H,8,10H2,1-2H3. The van der Waals surface area contributed by atoms with Gasteiger partial charge < -0.3 is 9.47 Å². The van der Waals surface area contributed by atoms with Crippen LogP contribution >= 0.6 is 11.3 Å². The van der Waals surface area contributed by atoms with E-state index in [1.807, 2.05) is 24.3 Å². The molecule has 0 spiro atoms. The zero-order valence-corrected chi connectivity index (χ0v) is 13.9. The number of hydrogen-bond donors (Lipinski definition) is 0. The fraction of sp³-hybridized carbons (Fsp3) is 0.222. The zero-order chi connectivity index (χ0) is 16.2. The van der Waals surface area contributed by atoms with Gasteiger partial charge in [-0.25, -0.2) is 4.98 Å². The number of carbonyl (C=O) groups excluding carboxylic acids is 1. The number of methoxy groups -OCH3 is 2. The van der Waals surface area contributed by atoms with Gasteiger partial charge in [-0.3, -0.25) is 4.79 Å². The van der Waals surface area contributed by atoms with Crippen LogP contribution in [0.25, 0.3) is 10.2 Å². The largest absolute Gasteiger partial charge is 0.493 e. The van der Waals surface area contributed by atoms with Crippen molar-refractivity contribution < 1.29 is 14.3 Å². The molecule has 4 nitrogen and oxygen atoms in total. The van der Waals surface area contributed by atoms with Gasteiger partial charge in [-0.05, 0) is 30.3 Å². The maximum atomic E-state index is 12.4. The maximum Gasteiger partial charge on any atom is 0.163 e. The summed E-state index contributed by atoms with van der Waals surface area (Å²) in [5.74, 6) is 1.26. The summed E-state index contributed by atoms with van der Waals surface area (Å²) in [6, 6.07) is 13.3. The SMILES string of the molecule is COc1ccc(C(=O)CCc2nc3ccccc3s2)cc1OC. The first-order valence-electron chi connectivity index (χ1n) is 7.31. The third-order valence-electron chi connectivity index (χ3n) is 3.61. The molecule has 3 rings (SSSR count). The normalized spacial score (nSPS) is 10.7. The predicted octanol–water partition coefficient (Wildman–Crippen LogP) is 4.13. The van der Waals surface area contributed by atoms with E-state index < -0.39 is 0 Å². The summed E-state index contributed by atoms with van der Waals surface area (Å²) in [5.41, 5.74) is 1.62. The van der Waals surface area contributed by atoms with Crippen molar-refractivity contribution in [2.75, 3.05) is 14.2 Å². The summed E-state index contributed by atoms with van der Waals surface area (Å²) in [7, 11) is 3.14. The van der Waals surface area contributed by atoms with Gasteiger partial charge in [-0.1, -0.05) is 12.1 Å². The third kappa shape index (κ3) is 3.35. The molecule has 0 atom stereocenters. The van der Waals surface area contributed by atoms with Crippen molar-refractivity contribution in [3.63, 3.8) is 0 Å². The Hall–Kier alpha value is -2.40. The van der Waals surface area contributed by atoms with E-state index in [4.69, 9.17) is 9.47 Å². The van der Waals surface area contributed by atoms with E-state index in [0.29, 0.717) is 29.9 Å². The molecule has 0 radical (unpaired) electrons. The Morgan fingerprint density at radius 3 is 2.61 bits per heavy atom. The molecule has 1 aromatic heterocycles. The zero-order valence-electron chi connectivity index (χ0n) is 13.0. The summed E-state index contributed by atoms with van der Waals surface area (Å²) in [4.78, 5) is 16.9. The molecule has 0 saturated heterocycles. The highest BCUT2D eigenvalue weighted by atomic mass is 32.1. The molecule has 3 aromatic rings. The second-order valence-electron chi connectivity index (χ2n) is 5.07. The number of rotatable bonds is 6. The lowest BCUT2D eigenvalue weighted by Crippen LogP contribution is -2.02. The van der Waals surface area contributed by atoms with Crippen LogP contribution in [-0.2, 0) is 6.42 Å². The van der Waals surface area contributed by atoms with E-state index in [-0.39, 0.29) is 5.78 Å². The number of benzene rings is 2. The average Bonchev–Trinajstić information content (AvgIpc) is 3.01. The number of thiazole rings is 1. The lowest BCUT2D eigenvalue weighted by Gasteiger charge is -2.08. The van der Waals surface area contributed by atoms with Gasteiger partial charge in [0.25, 0.3) is 0 Å². The van der Waals surface area contributed by atoms with Crippen LogP contribution in [0, 0.1) is 0 Å². The molecule has 0 aliphatic carbocycles. The van der Waals surface area contributed by atoms with Crippen LogP contribution in [0.3, 0.4) is 0 Å². The molecule has 0 amide bonds. The second-order valence-corrected chi connectivity index (χ2v) is 6.18. The van der Waals surface area contributed by atoms with E-state index in [1.165, 1.54) is 0 Å². The second kappa shape index (κ2) is 6.79. The fourth-order valence-corrected chi connectivity index (χ4v) is 3.37. The minimum Gasteiger partial charge on any atom is -0.493 e. The van der Waals surface area contributed by atoms with Gasteiger partial charge in [0, 0.05) is 18.4 Å². The van der Waals surface area contributed by atoms with E-state index in [0.717, 1.165) is 15.2 Å². The predicted molar refractivity (Wildman–Crippen MR) is 91.8 cm³/mol. The Bertz CT molecular complexity index is 808. The minimum atomic E-state index is 0.0743. The molecule has 0 bridgehead atoms. The summed E-state index contributed by atoms with van der Waals surface area (Å²) < 4.78 is 11.6. The Morgan fingerprint density at radius 2 is 1.87 bits per heavy atom. The molecule has 0 N–H and O–H groups in total. The smallest absolute Gasteiger partial charge is 0.163 e. The number of aryl methyl sites for hydroxylation is 1. The van der Waals surface area contributed by atoms with Crippen LogP contribution in [0.15, 0.2) is 42.5 Å². The topological polar surface area (TPSA) is 48.4 Å². The van der Waals surface area contributed by atoms with Gasteiger partial charge >= 0.3 is 0 Å². The van der Waals surface area contributed by atoms with Gasteiger partial charge in [0.05, 0.1) is 29.4 Å². The monoisotopic (exact) mass is 327 g/mol. The summed E-state index contributed by atoms with van der Waals surface area (Å²) >= 11 is 1.64. The molecule has 0 fully saturated rings. The van der Waals surface area contributed by atoms with E-state index in [1.54, 1.807) is 43.8 Å². The van der Waals surface area contributed by atoms with Gasteiger partial charge in [-0.2, -0.15) is 0 Å². The van der Waals surface area contributed by atoms with Crippen molar-refractivity contribution in [2.45, 2.75) is 12.8 Å². The molecular formula is C18H17NO3S. The molecule has 0 unspecified atom stereocenters. The van der Waals surface area contributed by atoms with Crippen LogP contribution in [-0.4, -0.2) is 25.0 Å². The van der Waals surface area contributed by atoms with Crippen LogP contribution in [0.1, 0.15) is 21.8 Å². The fourth-order valence-electron chi connectivity index (χ4n) is 2.40. The molecule has 2 aromatic carbocycles. The van der Waals surface area contributed by atoms with E-state index >= 15 is 0 Å². The van der Waals surface area contributed by atoms with Crippen molar-refractivity contribution in [3.05, 3.63) is 53.0 Å². The summed E-state index contributed by atoms with van der Waals surface area (Å²) in [6.45, 7) is 0. The van der Waals surface area contributed by atoms with Crippen molar-refractivity contribution in [1.29, 1.82) is 0 Å². The molecule has 5 heteroatoms. The Labute approximate surface area is 138 Å². The van der Waals surface area contributed by atoms with E-state index in [2.05, 4.69) is 4.98 Å². The van der Waals surface area contributed by atoms with Gasteiger partial charge in [-0.15, -0.1) is 11.3 Å². The number of aromatic nitrogens is 1. The van der Waals surface area contributed by atoms with Gasteiger partial charge in [0.1, 0.15) is 0 Å². The Kier molecular flexibility index (Phi) is 4.57. The molecule has 0 saturated carbocycles. The van der Waals surface area contributed by atoms with Crippen LogP contribution in [0.2, 0.25) is 0 Å². The number of Topliss-reactive ketones (excluding diaryl/α,β-unsaturated/α-hetero) is 1. The number of fused-ring (bicyclic) bond motifs is 1. The number of nitrogens with zero attached hydrogens (tertiary/aromatic N) is 1. The van der Waals surface area contributed by atoms with E-state index in [9.17, 15) is 4.79 Å². The Balaban J connectivity index is 1.71. The minimum absolute atomic E-state index is 0.0743. The van der Waals surface area contributed by atoms with Crippen LogP contribution in [0.4, 0.5) is 0 Å². The lowest BCUT2D eigenvalue weighted by atomic mass is 10.1. The summed E-state index contributed by atoms with van der Waals surface area (Å²) in [6.07, 6.45) is 1.07. The molecule has 1 heterocycles. The molecule has 0 aliphatic heterocycles. The maximum absolute atomic E-state index is 12.4. The highest BCUT2D eigenvalue weighted by Gasteiger charge is 2.12. The van der Waals surface area contributed by atoms with Gasteiger partial charge in [0.15, 0.2) is 17.3 Å². The first-order valence-corrected chi connectivity index (χ1v) is 8.12. The first-order chi connectivity index (χ1) is 11.2. The molecular weight excluding hydrogens is 310 g/mol.